The molecule has 0 atom stereocenters. The second-order valence-corrected chi connectivity index (χ2v) is 9.90. The topological polar surface area (TPSA) is 81.1 Å². The first kappa shape index (κ1) is 22.7. The fraction of sp³-hybridized carbons (Fsp3) is 0.231. The van der Waals surface area contributed by atoms with Crippen molar-refractivity contribution >= 4 is 27.0 Å². The molecule has 0 saturated heterocycles. The molecule has 0 spiro atoms. The van der Waals surface area contributed by atoms with Crippen molar-refractivity contribution in [2.45, 2.75) is 32.7 Å². The number of sulfonamides is 1. The van der Waals surface area contributed by atoms with Crippen LogP contribution in [0.2, 0.25) is 0 Å². The quantitative estimate of drug-likeness (QED) is 0.409. The summed E-state index contributed by atoms with van der Waals surface area (Å²) >= 11 is 0. The van der Waals surface area contributed by atoms with Crippen LogP contribution in [-0.4, -0.2) is 30.1 Å². The van der Waals surface area contributed by atoms with Gasteiger partial charge in [-0.05, 0) is 41.3 Å². The molecule has 0 fully saturated rings. The highest BCUT2D eigenvalue weighted by atomic mass is 32.2. The molecule has 0 aliphatic heterocycles. The van der Waals surface area contributed by atoms with Crippen molar-refractivity contribution < 1.29 is 13.2 Å². The number of nitrogens with zero attached hydrogens (tertiary/aromatic N) is 2. The zero-order chi connectivity index (χ0) is 23.4. The number of benzene rings is 3. The van der Waals surface area contributed by atoms with E-state index in [0.717, 1.165) is 53.5 Å². The van der Waals surface area contributed by atoms with Crippen LogP contribution in [0.3, 0.4) is 0 Å². The number of fused-ring (bicyclic) bond motifs is 1. The number of amides is 1. The van der Waals surface area contributed by atoms with Gasteiger partial charge in [0, 0.05) is 18.5 Å². The summed E-state index contributed by atoms with van der Waals surface area (Å²) in [7, 11) is -3.64. The van der Waals surface area contributed by atoms with Crippen LogP contribution in [0.4, 0.5) is 0 Å². The van der Waals surface area contributed by atoms with Gasteiger partial charge in [0.05, 0.1) is 17.3 Å². The summed E-state index contributed by atoms with van der Waals surface area (Å²) in [5, 5.41) is 0. The van der Waals surface area contributed by atoms with Gasteiger partial charge in [0.25, 0.3) is 5.91 Å². The Bertz CT molecular complexity index is 1390. The van der Waals surface area contributed by atoms with Crippen LogP contribution in [-0.2, 0) is 23.0 Å². The minimum absolute atomic E-state index is 0.318. The molecule has 4 aromatic rings. The SMILES string of the molecule is CCCCc1nc2ccccc2n1Cc1ccc(-c2ccccc2C(=O)NS(C)(=O)=O)cc1. The fourth-order valence-corrected chi connectivity index (χ4v) is 4.40. The van der Waals surface area contributed by atoms with Crippen molar-refractivity contribution in [1.82, 2.24) is 14.3 Å². The van der Waals surface area contributed by atoms with E-state index in [9.17, 15) is 13.2 Å². The Balaban J connectivity index is 1.63. The number of carbonyl (C=O) groups excluding carboxylic acids is 1. The van der Waals surface area contributed by atoms with Gasteiger partial charge in [0.2, 0.25) is 10.0 Å². The molecule has 0 unspecified atom stereocenters. The lowest BCUT2D eigenvalue weighted by Gasteiger charge is -2.12. The number of para-hydroxylation sites is 2. The van der Waals surface area contributed by atoms with E-state index >= 15 is 0 Å². The van der Waals surface area contributed by atoms with E-state index in [1.807, 2.05) is 59.3 Å². The number of hydrogen-bond donors (Lipinski definition) is 1. The summed E-state index contributed by atoms with van der Waals surface area (Å²) < 4.78 is 27.3. The maximum Gasteiger partial charge on any atom is 0.265 e. The Morgan fingerprint density at radius 2 is 1.67 bits per heavy atom. The van der Waals surface area contributed by atoms with Crippen molar-refractivity contribution in [3.05, 3.63) is 89.7 Å². The van der Waals surface area contributed by atoms with Crippen molar-refractivity contribution in [1.29, 1.82) is 0 Å². The van der Waals surface area contributed by atoms with Gasteiger partial charge in [0.15, 0.2) is 0 Å². The third-order valence-corrected chi connectivity index (χ3v) is 6.10. The predicted octanol–water partition coefficient (Wildman–Crippen LogP) is 4.78. The first-order valence-electron chi connectivity index (χ1n) is 11.0. The number of nitrogens with one attached hydrogen (secondary N) is 1. The van der Waals surface area contributed by atoms with Crippen LogP contribution in [0.15, 0.2) is 72.8 Å². The fourth-order valence-electron chi connectivity index (χ4n) is 3.96. The standard InChI is InChI=1S/C26H27N3O3S/c1-3-4-13-25-27-23-11-7-8-12-24(23)29(25)18-19-14-16-20(17-15-19)21-9-5-6-10-22(21)26(30)28-33(2,31)32/h5-12,14-17H,3-4,13,18H2,1-2H3,(H,28,30). The number of hydrogen-bond acceptors (Lipinski definition) is 4. The lowest BCUT2D eigenvalue weighted by Crippen LogP contribution is -2.29. The molecule has 6 nitrogen and oxygen atoms in total. The van der Waals surface area contributed by atoms with Gasteiger partial charge >= 0.3 is 0 Å². The van der Waals surface area contributed by atoms with Gasteiger partial charge < -0.3 is 4.57 Å². The number of aromatic nitrogens is 2. The smallest absolute Gasteiger partial charge is 0.265 e. The number of carbonyl (C=O) groups is 1. The van der Waals surface area contributed by atoms with Crippen LogP contribution < -0.4 is 4.72 Å². The van der Waals surface area contributed by atoms with Gasteiger partial charge in [-0.3, -0.25) is 4.79 Å². The molecule has 1 amide bonds. The molecule has 7 heteroatoms. The number of aryl methyl sites for hydroxylation is 1. The zero-order valence-corrected chi connectivity index (χ0v) is 19.6. The third-order valence-electron chi connectivity index (χ3n) is 5.54. The molecule has 3 aromatic carbocycles. The Morgan fingerprint density at radius 3 is 2.39 bits per heavy atom. The van der Waals surface area contributed by atoms with Crippen molar-refractivity contribution in [2.24, 2.45) is 0 Å². The Morgan fingerprint density at radius 1 is 0.970 bits per heavy atom. The second kappa shape index (κ2) is 9.58. The number of unbranched alkanes of at least 4 members (excludes halogenated alkanes) is 1. The van der Waals surface area contributed by atoms with Crippen molar-refractivity contribution in [3.63, 3.8) is 0 Å². The lowest BCUT2D eigenvalue weighted by atomic mass is 9.98. The van der Waals surface area contributed by atoms with E-state index in [2.05, 4.69) is 17.6 Å². The molecule has 0 saturated carbocycles. The highest BCUT2D eigenvalue weighted by molar-refractivity contribution is 7.89. The average Bonchev–Trinajstić information content (AvgIpc) is 3.14. The maximum atomic E-state index is 12.5. The van der Waals surface area contributed by atoms with Gasteiger partial charge in [-0.15, -0.1) is 0 Å². The van der Waals surface area contributed by atoms with Crippen LogP contribution in [0.25, 0.3) is 22.2 Å². The first-order valence-corrected chi connectivity index (χ1v) is 12.9. The molecule has 1 aromatic heterocycles. The monoisotopic (exact) mass is 461 g/mol. The molecule has 0 aliphatic rings. The van der Waals surface area contributed by atoms with Gasteiger partial charge in [-0.25, -0.2) is 18.1 Å². The molecule has 1 N–H and O–H groups in total. The van der Waals surface area contributed by atoms with E-state index < -0.39 is 15.9 Å². The minimum atomic E-state index is -3.64. The Hall–Kier alpha value is -3.45. The van der Waals surface area contributed by atoms with E-state index in [4.69, 9.17) is 4.98 Å². The van der Waals surface area contributed by atoms with Crippen LogP contribution >= 0.6 is 0 Å². The maximum absolute atomic E-state index is 12.5. The highest BCUT2D eigenvalue weighted by Gasteiger charge is 2.16. The Kier molecular flexibility index (Phi) is 6.60. The van der Waals surface area contributed by atoms with Crippen molar-refractivity contribution in [2.75, 3.05) is 6.26 Å². The number of rotatable bonds is 8. The molecule has 33 heavy (non-hydrogen) atoms. The molecular formula is C26H27N3O3S. The van der Waals surface area contributed by atoms with Gasteiger partial charge in [-0.1, -0.05) is 67.9 Å². The van der Waals surface area contributed by atoms with E-state index in [1.165, 1.54) is 0 Å². The summed E-state index contributed by atoms with van der Waals surface area (Å²) in [5.74, 6) is 0.451. The van der Waals surface area contributed by atoms with E-state index in [-0.39, 0.29) is 0 Å². The second-order valence-electron chi connectivity index (χ2n) is 8.15. The molecule has 0 aliphatic carbocycles. The summed E-state index contributed by atoms with van der Waals surface area (Å²) in [5.41, 5.74) is 5.10. The summed E-state index contributed by atoms with van der Waals surface area (Å²) in [4.78, 5) is 17.3. The zero-order valence-electron chi connectivity index (χ0n) is 18.8. The van der Waals surface area contributed by atoms with Crippen LogP contribution in [0.5, 0.6) is 0 Å². The molecule has 0 radical (unpaired) electrons. The molecule has 4 rings (SSSR count). The minimum Gasteiger partial charge on any atom is -0.323 e. The van der Waals surface area contributed by atoms with E-state index in [0.29, 0.717) is 17.7 Å². The number of imidazole rings is 1. The molecule has 170 valence electrons. The predicted molar refractivity (Wildman–Crippen MR) is 132 cm³/mol. The van der Waals surface area contributed by atoms with Crippen molar-refractivity contribution in [3.8, 4) is 11.1 Å². The Labute approximate surface area is 194 Å². The summed E-state index contributed by atoms with van der Waals surface area (Å²) in [6.45, 7) is 2.88. The molecule has 0 bridgehead atoms. The van der Waals surface area contributed by atoms with Crippen LogP contribution in [0, 0.1) is 0 Å². The van der Waals surface area contributed by atoms with Gasteiger partial charge in [-0.2, -0.15) is 0 Å². The summed E-state index contributed by atoms with van der Waals surface area (Å²) in [6, 6.07) is 23.2. The first-order chi connectivity index (χ1) is 15.9. The summed E-state index contributed by atoms with van der Waals surface area (Å²) in [6.07, 6.45) is 4.11. The normalized spacial score (nSPS) is 11.6. The van der Waals surface area contributed by atoms with Gasteiger partial charge in [0.1, 0.15) is 5.82 Å². The van der Waals surface area contributed by atoms with E-state index in [1.54, 1.807) is 12.1 Å². The third kappa shape index (κ3) is 5.31. The molecule has 1 heterocycles. The lowest BCUT2D eigenvalue weighted by molar-refractivity contribution is 0.0982. The van der Waals surface area contributed by atoms with Crippen LogP contribution in [0.1, 0.15) is 41.5 Å². The molecular weight excluding hydrogens is 434 g/mol. The highest BCUT2D eigenvalue weighted by Crippen LogP contribution is 2.25. The largest absolute Gasteiger partial charge is 0.323 e. The average molecular weight is 462 g/mol.